The largest absolute Gasteiger partial charge is 0.458 e. The second-order valence-corrected chi connectivity index (χ2v) is 13.0. The van der Waals surface area contributed by atoms with Crippen LogP contribution in [0.5, 0.6) is 0 Å². The Morgan fingerprint density at radius 2 is 1.83 bits per heavy atom. The van der Waals surface area contributed by atoms with Crippen molar-refractivity contribution in [1.29, 1.82) is 0 Å². The molecule has 0 saturated carbocycles. The Morgan fingerprint density at radius 1 is 1.07 bits per heavy atom. The third-order valence-corrected chi connectivity index (χ3v) is 9.86. The molecular formula is C36H42N4O2+2. The molecule has 0 spiro atoms. The molecule has 2 unspecified atom stereocenters. The van der Waals surface area contributed by atoms with E-state index in [9.17, 15) is 4.79 Å². The van der Waals surface area contributed by atoms with Crippen LogP contribution < -0.4 is 9.13 Å². The second kappa shape index (κ2) is 9.75. The highest BCUT2D eigenvalue weighted by molar-refractivity contribution is 5.98. The number of esters is 1. The van der Waals surface area contributed by atoms with Crippen molar-refractivity contribution in [2.45, 2.75) is 77.2 Å². The molecule has 0 amide bonds. The lowest BCUT2D eigenvalue weighted by atomic mass is 9.59. The summed E-state index contributed by atoms with van der Waals surface area (Å²) in [6.45, 7) is 17.8. The molecule has 0 bridgehead atoms. The number of rotatable bonds is 7. The number of carbonyl (C=O) groups excluding carboxylic acids is 1. The summed E-state index contributed by atoms with van der Waals surface area (Å²) < 4.78 is 12.8. The van der Waals surface area contributed by atoms with Gasteiger partial charge in [0.15, 0.2) is 17.2 Å². The Labute approximate surface area is 248 Å². The number of hydrogen-bond donors (Lipinski definition) is 0. The van der Waals surface area contributed by atoms with Crippen molar-refractivity contribution in [3.8, 4) is 0 Å². The van der Waals surface area contributed by atoms with Crippen LogP contribution in [-0.4, -0.2) is 22.0 Å². The summed E-state index contributed by atoms with van der Waals surface area (Å²) in [5, 5.41) is 1.20. The van der Waals surface area contributed by atoms with E-state index in [4.69, 9.17) is 9.72 Å². The molecule has 0 fully saturated rings. The van der Waals surface area contributed by atoms with Gasteiger partial charge in [0.2, 0.25) is 5.82 Å². The van der Waals surface area contributed by atoms with Crippen LogP contribution in [0.1, 0.15) is 88.2 Å². The quantitative estimate of drug-likeness (QED) is 0.163. The summed E-state index contributed by atoms with van der Waals surface area (Å²) >= 11 is 0. The summed E-state index contributed by atoms with van der Waals surface area (Å²) in [6.07, 6.45) is 6.18. The van der Waals surface area contributed by atoms with E-state index in [-0.39, 0.29) is 22.3 Å². The lowest BCUT2D eigenvalue weighted by Gasteiger charge is -2.49. The Kier molecular flexibility index (Phi) is 6.52. The van der Waals surface area contributed by atoms with Crippen LogP contribution in [-0.2, 0) is 28.2 Å². The summed E-state index contributed by atoms with van der Waals surface area (Å²) in [6, 6.07) is 19.0. The maximum atomic E-state index is 13.3. The number of nitrogens with zero attached hydrogens (tertiary/aromatic N) is 4. The van der Waals surface area contributed by atoms with Gasteiger partial charge in [-0.2, -0.15) is 8.97 Å². The van der Waals surface area contributed by atoms with Gasteiger partial charge >= 0.3 is 5.97 Å². The number of aryl methyl sites for hydroxylation is 1. The molecule has 0 saturated heterocycles. The monoisotopic (exact) mass is 562 g/mol. The Balaban J connectivity index is 1.55. The van der Waals surface area contributed by atoms with Crippen molar-refractivity contribution in [2.75, 3.05) is 6.61 Å². The lowest BCUT2D eigenvalue weighted by molar-refractivity contribution is -0.729. The minimum atomic E-state index is -0.312. The van der Waals surface area contributed by atoms with Gasteiger partial charge in [0.05, 0.1) is 17.5 Å². The Bertz CT molecular complexity index is 1900. The van der Waals surface area contributed by atoms with Gasteiger partial charge in [-0.05, 0) is 56.0 Å². The predicted octanol–water partition coefficient (Wildman–Crippen LogP) is 6.73. The van der Waals surface area contributed by atoms with E-state index in [1.807, 2.05) is 19.3 Å². The molecule has 6 heteroatoms. The third-order valence-electron chi connectivity index (χ3n) is 9.86. The number of hydrogen-bond acceptors (Lipinski definition) is 3. The average Bonchev–Trinajstić information content (AvgIpc) is 3.33. The van der Waals surface area contributed by atoms with Gasteiger partial charge in [-0.25, -0.2) is 14.3 Å². The van der Waals surface area contributed by atoms with Crippen molar-refractivity contribution in [3.63, 3.8) is 0 Å². The first-order valence-electron chi connectivity index (χ1n) is 15.1. The van der Waals surface area contributed by atoms with Gasteiger partial charge < -0.3 is 4.74 Å². The zero-order valence-corrected chi connectivity index (χ0v) is 26.0. The first-order chi connectivity index (χ1) is 20.0. The highest BCUT2D eigenvalue weighted by Gasteiger charge is 2.57. The highest BCUT2D eigenvalue weighted by atomic mass is 16.5. The van der Waals surface area contributed by atoms with E-state index in [1.54, 1.807) is 16.7 Å². The molecule has 4 heterocycles. The molecule has 42 heavy (non-hydrogen) atoms. The first kappa shape index (κ1) is 28.1. The molecule has 6 rings (SSSR count). The van der Waals surface area contributed by atoms with Crippen LogP contribution in [0, 0.1) is 0 Å². The number of para-hydroxylation sites is 2. The summed E-state index contributed by atoms with van der Waals surface area (Å²) in [4.78, 5) is 18.6. The van der Waals surface area contributed by atoms with Crippen LogP contribution >= 0.6 is 0 Å². The summed E-state index contributed by atoms with van der Waals surface area (Å²) in [5.41, 5.74) is 6.66. The number of imidazole rings is 1. The van der Waals surface area contributed by atoms with Crippen molar-refractivity contribution >= 4 is 39.6 Å². The van der Waals surface area contributed by atoms with E-state index in [0.29, 0.717) is 18.7 Å². The highest BCUT2D eigenvalue weighted by Crippen LogP contribution is 2.52. The number of benzene rings is 2. The maximum Gasteiger partial charge on any atom is 0.403 e. The summed E-state index contributed by atoms with van der Waals surface area (Å²) in [7, 11) is 1.86. The lowest BCUT2D eigenvalue weighted by Crippen LogP contribution is -2.67. The number of carbonyl (C=O) groups is 1. The number of fused-ring (bicyclic) bond motifs is 3. The standard InChI is InChI=1S/C36H42N4O2/c1-9-24-19-20-29(38(8)23-24)32(41)42-22-21-36(11-3)25-15-14-16-26-30(25)31-39(33(37-26)34(4,5)6)27-17-12-13-18-28(27)40(31)35(36,7)10-2/h9,12-20,23H,1,10-11,21-22H2,2-8H3/q+2. The van der Waals surface area contributed by atoms with Gasteiger partial charge in [-0.1, -0.05) is 71.5 Å². The molecule has 0 radical (unpaired) electrons. The second-order valence-electron chi connectivity index (χ2n) is 13.0. The van der Waals surface area contributed by atoms with Crippen LogP contribution in [0.4, 0.5) is 0 Å². The van der Waals surface area contributed by atoms with E-state index >= 15 is 0 Å². The average molecular weight is 563 g/mol. The molecule has 2 aromatic carbocycles. The molecular weight excluding hydrogens is 520 g/mol. The van der Waals surface area contributed by atoms with Gasteiger partial charge in [-0.15, -0.1) is 0 Å². The number of aromatic nitrogens is 4. The van der Waals surface area contributed by atoms with Crippen LogP contribution in [0.3, 0.4) is 0 Å². The van der Waals surface area contributed by atoms with Crippen LogP contribution in [0.15, 0.2) is 67.4 Å². The normalized spacial score (nSPS) is 20.1. The van der Waals surface area contributed by atoms with Gasteiger partial charge in [0.25, 0.3) is 11.3 Å². The molecule has 5 aromatic rings. The zero-order chi connectivity index (χ0) is 30.0. The third kappa shape index (κ3) is 3.77. The van der Waals surface area contributed by atoms with Crippen molar-refractivity contribution in [1.82, 2.24) is 9.38 Å². The molecule has 3 aromatic heterocycles. The minimum Gasteiger partial charge on any atom is -0.458 e. The molecule has 216 valence electrons. The Morgan fingerprint density at radius 3 is 2.50 bits per heavy atom. The van der Waals surface area contributed by atoms with Gasteiger partial charge in [0.1, 0.15) is 12.6 Å². The van der Waals surface area contributed by atoms with E-state index < -0.39 is 0 Å². The SMILES string of the molecule is C=Cc1ccc(C(=O)OCCC2(CC)c3cccc4nc(C(C)(C)C)n5c6ccccc6[n+](c5c34)C2(C)CC)[n+](C)c1. The van der Waals surface area contributed by atoms with Crippen molar-refractivity contribution in [3.05, 3.63) is 90.0 Å². The molecule has 0 aliphatic carbocycles. The fourth-order valence-corrected chi connectivity index (χ4v) is 7.55. The predicted molar refractivity (Wildman–Crippen MR) is 168 cm³/mol. The maximum absolute atomic E-state index is 13.3. The van der Waals surface area contributed by atoms with Crippen molar-refractivity contribution in [2.24, 2.45) is 7.05 Å². The minimum absolute atomic E-state index is 0.153. The number of pyridine rings is 1. The number of ether oxygens (including phenoxy) is 1. The summed E-state index contributed by atoms with van der Waals surface area (Å²) in [5.74, 6) is 0.747. The fourth-order valence-electron chi connectivity index (χ4n) is 7.55. The van der Waals surface area contributed by atoms with Crippen molar-refractivity contribution < 1.29 is 18.7 Å². The first-order valence-corrected chi connectivity index (χ1v) is 15.1. The van der Waals surface area contributed by atoms with Crippen LogP contribution in [0.2, 0.25) is 0 Å². The van der Waals surface area contributed by atoms with Gasteiger partial charge in [-0.3, -0.25) is 0 Å². The Hall–Kier alpha value is -4.06. The fraction of sp³-hybridized carbons (Fsp3) is 0.389. The van der Waals surface area contributed by atoms with E-state index in [1.165, 1.54) is 27.6 Å². The molecule has 2 atom stereocenters. The van der Waals surface area contributed by atoms with E-state index in [2.05, 4.69) is 99.6 Å². The smallest absolute Gasteiger partial charge is 0.403 e. The zero-order valence-electron chi connectivity index (χ0n) is 26.0. The van der Waals surface area contributed by atoms with Gasteiger partial charge in [0, 0.05) is 22.5 Å². The topological polar surface area (TPSA) is 51.4 Å². The van der Waals surface area contributed by atoms with Crippen LogP contribution in [0.25, 0.3) is 33.7 Å². The molecule has 0 N–H and O–H groups in total. The molecule has 1 aliphatic heterocycles. The van der Waals surface area contributed by atoms with E-state index in [0.717, 1.165) is 29.7 Å². The molecule has 6 nitrogen and oxygen atoms in total. The molecule has 1 aliphatic rings.